The number of aromatic nitrogens is 1. The summed E-state index contributed by atoms with van der Waals surface area (Å²) in [5.74, 6) is 1.20. The molecule has 0 bridgehead atoms. The van der Waals surface area contributed by atoms with Crippen molar-refractivity contribution in [2.75, 3.05) is 12.3 Å². The van der Waals surface area contributed by atoms with Crippen LogP contribution < -0.4 is 11.5 Å². The normalized spacial score (nSPS) is 12.8. The minimum atomic E-state index is 0.555. The van der Waals surface area contributed by atoms with E-state index in [1.54, 1.807) is 6.20 Å². The van der Waals surface area contributed by atoms with Gasteiger partial charge in [-0.25, -0.2) is 4.98 Å². The van der Waals surface area contributed by atoms with Gasteiger partial charge in [0.15, 0.2) is 0 Å². The molecule has 0 aliphatic carbocycles. The van der Waals surface area contributed by atoms with Crippen molar-refractivity contribution in [1.82, 2.24) is 4.98 Å². The van der Waals surface area contributed by atoms with Gasteiger partial charge in [0.25, 0.3) is 0 Å². The molecule has 4 N–H and O–H groups in total. The van der Waals surface area contributed by atoms with Gasteiger partial charge in [0, 0.05) is 6.20 Å². The van der Waals surface area contributed by atoms with Gasteiger partial charge in [-0.3, -0.25) is 0 Å². The highest BCUT2D eigenvalue weighted by atomic mass is 14.8. The highest BCUT2D eigenvalue weighted by Crippen LogP contribution is 2.12. The third-order valence-electron chi connectivity index (χ3n) is 2.23. The summed E-state index contributed by atoms with van der Waals surface area (Å²) in [4.78, 5) is 4.03. The van der Waals surface area contributed by atoms with Crippen LogP contribution in [0.2, 0.25) is 0 Å². The smallest absolute Gasteiger partial charge is 0.126 e. The van der Waals surface area contributed by atoms with Crippen molar-refractivity contribution in [2.45, 2.75) is 19.8 Å². The largest absolute Gasteiger partial charge is 0.383 e. The molecule has 0 fully saturated rings. The number of nitrogens with zero attached hydrogens (tertiary/aromatic N) is 1. The third kappa shape index (κ3) is 3.03. The van der Waals surface area contributed by atoms with Gasteiger partial charge in [-0.1, -0.05) is 13.0 Å². The number of rotatable bonds is 4. The second kappa shape index (κ2) is 4.82. The Morgan fingerprint density at radius 3 is 2.92 bits per heavy atom. The van der Waals surface area contributed by atoms with E-state index in [-0.39, 0.29) is 0 Å². The molecule has 3 nitrogen and oxygen atoms in total. The van der Waals surface area contributed by atoms with Gasteiger partial charge in [0.2, 0.25) is 0 Å². The Balaban J connectivity index is 2.50. The lowest BCUT2D eigenvalue weighted by atomic mass is 10.0. The molecule has 1 unspecified atom stereocenters. The van der Waals surface area contributed by atoms with Crippen LogP contribution in [0.25, 0.3) is 0 Å². The van der Waals surface area contributed by atoms with Gasteiger partial charge >= 0.3 is 0 Å². The molecule has 1 heterocycles. The number of pyridine rings is 1. The first-order chi connectivity index (χ1) is 6.24. The molecule has 0 radical (unpaired) electrons. The first-order valence-corrected chi connectivity index (χ1v) is 4.63. The zero-order valence-electron chi connectivity index (χ0n) is 8.03. The SMILES string of the molecule is CC(CN)CCc1cccnc1N. The molecule has 0 saturated heterocycles. The van der Waals surface area contributed by atoms with E-state index in [9.17, 15) is 0 Å². The number of hydrogen-bond donors (Lipinski definition) is 2. The van der Waals surface area contributed by atoms with Crippen LogP contribution in [0.5, 0.6) is 0 Å². The molecule has 0 aliphatic rings. The summed E-state index contributed by atoms with van der Waals surface area (Å²) in [6.45, 7) is 2.88. The number of nitrogen functional groups attached to an aromatic ring is 1. The highest BCUT2D eigenvalue weighted by Gasteiger charge is 2.02. The number of aryl methyl sites for hydroxylation is 1. The minimum Gasteiger partial charge on any atom is -0.383 e. The van der Waals surface area contributed by atoms with Crippen LogP contribution in [-0.4, -0.2) is 11.5 Å². The second-order valence-electron chi connectivity index (χ2n) is 3.43. The molecule has 13 heavy (non-hydrogen) atoms. The standard InChI is InChI=1S/C10H17N3/c1-8(7-11)4-5-9-3-2-6-13-10(9)12/h2-3,6,8H,4-5,7,11H2,1H3,(H2,12,13). The van der Waals surface area contributed by atoms with Crippen molar-refractivity contribution in [1.29, 1.82) is 0 Å². The Hall–Kier alpha value is -1.09. The zero-order chi connectivity index (χ0) is 9.68. The fraction of sp³-hybridized carbons (Fsp3) is 0.500. The molecule has 0 spiro atoms. The molecule has 3 heteroatoms. The molecule has 0 amide bonds. The van der Waals surface area contributed by atoms with Gasteiger partial charge in [0.05, 0.1) is 0 Å². The van der Waals surface area contributed by atoms with Crippen molar-refractivity contribution >= 4 is 5.82 Å². The molecule has 1 aromatic heterocycles. The van der Waals surface area contributed by atoms with Gasteiger partial charge in [-0.05, 0) is 36.9 Å². The predicted octanol–water partition coefficient (Wildman–Crippen LogP) is 1.19. The minimum absolute atomic E-state index is 0.555. The van der Waals surface area contributed by atoms with Crippen LogP contribution in [0.15, 0.2) is 18.3 Å². The van der Waals surface area contributed by atoms with Crippen LogP contribution in [0.4, 0.5) is 5.82 Å². The quantitative estimate of drug-likeness (QED) is 0.729. The molecular formula is C10H17N3. The molecular weight excluding hydrogens is 162 g/mol. The van der Waals surface area contributed by atoms with Crippen LogP contribution in [-0.2, 0) is 6.42 Å². The first kappa shape index (κ1) is 9.99. The molecule has 0 aliphatic heterocycles. The van der Waals surface area contributed by atoms with Crippen molar-refractivity contribution in [3.8, 4) is 0 Å². The second-order valence-corrected chi connectivity index (χ2v) is 3.43. The van der Waals surface area contributed by atoms with Gasteiger partial charge < -0.3 is 11.5 Å². The molecule has 1 rings (SSSR count). The topological polar surface area (TPSA) is 64.9 Å². The summed E-state index contributed by atoms with van der Waals surface area (Å²) >= 11 is 0. The summed E-state index contributed by atoms with van der Waals surface area (Å²) in [6, 6.07) is 3.93. The summed E-state index contributed by atoms with van der Waals surface area (Å²) in [5.41, 5.74) is 12.4. The average Bonchev–Trinajstić information content (AvgIpc) is 2.16. The molecule has 0 aromatic carbocycles. The number of hydrogen-bond acceptors (Lipinski definition) is 3. The summed E-state index contributed by atoms with van der Waals surface area (Å²) in [5, 5.41) is 0. The third-order valence-corrected chi connectivity index (χ3v) is 2.23. The first-order valence-electron chi connectivity index (χ1n) is 4.63. The monoisotopic (exact) mass is 179 g/mol. The van der Waals surface area contributed by atoms with Crippen molar-refractivity contribution in [3.05, 3.63) is 23.9 Å². The number of anilines is 1. The van der Waals surface area contributed by atoms with Crippen LogP contribution in [0, 0.1) is 5.92 Å². The Kier molecular flexibility index (Phi) is 3.71. The molecule has 1 aromatic rings. The zero-order valence-corrected chi connectivity index (χ0v) is 8.03. The van der Waals surface area contributed by atoms with Gasteiger partial charge in [0.1, 0.15) is 5.82 Å². The fourth-order valence-electron chi connectivity index (χ4n) is 1.18. The lowest BCUT2D eigenvalue weighted by molar-refractivity contribution is 0.545. The molecule has 1 atom stereocenters. The van der Waals surface area contributed by atoms with Crippen molar-refractivity contribution in [3.63, 3.8) is 0 Å². The van der Waals surface area contributed by atoms with Gasteiger partial charge in [-0.15, -0.1) is 0 Å². The van der Waals surface area contributed by atoms with E-state index in [0.717, 1.165) is 24.9 Å². The van der Waals surface area contributed by atoms with Crippen LogP contribution in [0.3, 0.4) is 0 Å². The van der Waals surface area contributed by atoms with E-state index in [2.05, 4.69) is 11.9 Å². The van der Waals surface area contributed by atoms with Crippen molar-refractivity contribution < 1.29 is 0 Å². The van der Waals surface area contributed by atoms with Crippen LogP contribution >= 0.6 is 0 Å². The van der Waals surface area contributed by atoms with E-state index in [1.807, 2.05) is 12.1 Å². The Morgan fingerprint density at radius 1 is 1.54 bits per heavy atom. The van der Waals surface area contributed by atoms with E-state index >= 15 is 0 Å². The highest BCUT2D eigenvalue weighted by molar-refractivity contribution is 5.38. The maximum Gasteiger partial charge on any atom is 0.126 e. The van der Waals surface area contributed by atoms with Crippen LogP contribution in [0.1, 0.15) is 18.9 Å². The Morgan fingerprint density at radius 2 is 2.31 bits per heavy atom. The molecule has 0 saturated carbocycles. The maximum atomic E-state index is 5.71. The fourth-order valence-corrected chi connectivity index (χ4v) is 1.18. The Labute approximate surface area is 79.2 Å². The van der Waals surface area contributed by atoms with E-state index in [0.29, 0.717) is 11.7 Å². The maximum absolute atomic E-state index is 5.71. The lowest BCUT2D eigenvalue weighted by Gasteiger charge is -2.08. The van der Waals surface area contributed by atoms with Gasteiger partial charge in [-0.2, -0.15) is 0 Å². The number of nitrogens with two attached hydrogens (primary N) is 2. The summed E-state index contributed by atoms with van der Waals surface area (Å²) in [7, 11) is 0. The summed E-state index contributed by atoms with van der Waals surface area (Å²) < 4.78 is 0. The lowest BCUT2D eigenvalue weighted by Crippen LogP contribution is -2.11. The van der Waals surface area contributed by atoms with E-state index in [1.165, 1.54) is 0 Å². The van der Waals surface area contributed by atoms with Crippen molar-refractivity contribution in [2.24, 2.45) is 11.7 Å². The van der Waals surface area contributed by atoms with E-state index < -0.39 is 0 Å². The van der Waals surface area contributed by atoms with E-state index in [4.69, 9.17) is 11.5 Å². The average molecular weight is 179 g/mol. The summed E-state index contributed by atoms with van der Waals surface area (Å²) in [6.07, 6.45) is 3.76. The Bertz CT molecular complexity index is 260. The molecule has 72 valence electrons. The predicted molar refractivity (Wildman–Crippen MR) is 55.2 cm³/mol.